The normalized spacial score (nSPS) is 16.8. The number of pyridine rings is 1. The average Bonchev–Trinajstić information content (AvgIpc) is 2.54. The third-order valence-corrected chi connectivity index (χ3v) is 6.17. The van der Waals surface area contributed by atoms with Gasteiger partial charge in [0.15, 0.2) is 0 Å². The van der Waals surface area contributed by atoms with Gasteiger partial charge in [0.05, 0.1) is 5.75 Å². The first-order valence-electron chi connectivity index (χ1n) is 8.18. The molecule has 1 aliphatic heterocycles. The van der Waals surface area contributed by atoms with Gasteiger partial charge < -0.3 is 10.4 Å². The molecule has 0 unspecified atom stereocenters. The van der Waals surface area contributed by atoms with Gasteiger partial charge in [0.2, 0.25) is 10.0 Å². The Kier molecular flexibility index (Phi) is 6.12. The summed E-state index contributed by atoms with van der Waals surface area (Å²) in [6.45, 7) is 4.46. The molecule has 0 radical (unpaired) electrons. The molecular formula is C16H23N3O5S. The number of aromatic nitrogens is 1. The van der Waals surface area contributed by atoms with Crippen molar-refractivity contribution in [3.05, 3.63) is 29.6 Å². The van der Waals surface area contributed by atoms with Crippen molar-refractivity contribution in [1.29, 1.82) is 0 Å². The molecule has 2 rings (SSSR count). The molecule has 0 spiro atoms. The molecule has 2 heterocycles. The third-order valence-electron chi connectivity index (χ3n) is 3.93. The van der Waals surface area contributed by atoms with E-state index in [1.54, 1.807) is 0 Å². The molecule has 0 bridgehead atoms. The van der Waals surface area contributed by atoms with E-state index in [4.69, 9.17) is 5.11 Å². The summed E-state index contributed by atoms with van der Waals surface area (Å²) in [5, 5.41) is 11.7. The molecule has 9 heteroatoms. The molecule has 0 atom stereocenters. The molecule has 0 aromatic carbocycles. The zero-order valence-corrected chi connectivity index (χ0v) is 15.1. The molecule has 138 valence electrons. The van der Waals surface area contributed by atoms with Crippen molar-refractivity contribution in [2.75, 3.05) is 18.8 Å². The van der Waals surface area contributed by atoms with E-state index in [0.29, 0.717) is 25.9 Å². The van der Waals surface area contributed by atoms with Crippen LogP contribution in [0.3, 0.4) is 0 Å². The van der Waals surface area contributed by atoms with E-state index in [0.717, 1.165) is 0 Å². The number of hydrogen-bond acceptors (Lipinski definition) is 5. The van der Waals surface area contributed by atoms with E-state index in [-0.39, 0.29) is 29.1 Å². The first-order chi connectivity index (χ1) is 11.7. The van der Waals surface area contributed by atoms with Crippen LogP contribution in [0.2, 0.25) is 0 Å². The number of nitrogens with zero attached hydrogens (tertiary/aromatic N) is 2. The van der Waals surface area contributed by atoms with Crippen LogP contribution in [-0.4, -0.2) is 59.6 Å². The van der Waals surface area contributed by atoms with Crippen LogP contribution >= 0.6 is 0 Å². The predicted octanol–water partition coefficient (Wildman–Crippen LogP) is 0.960. The van der Waals surface area contributed by atoms with Gasteiger partial charge in [-0.2, -0.15) is 0 Å². The molecule has 1 aromatic rings. The fraction of sp³-hybridized carbons (Fsp3) is 0.562. The molecule has 25 heavy (non-hydrogen) atoms. The van der Waals surface area contributed by atoms with Gasteiger partial charge >= 0.3 is 5.97 Å². The lowest BCUT2D eigenvalue weighted by atomic mass is 10.1. The van der Waals surface area contributed by atoms with Gasteiger partial charge in [-0.15, -0.1) is 0 Å². The number of aromatic carboxylic acids is 1. The summed E-state index contributed by atoms with van der Waals surface area (Å²) < 4.78 is 25.9. The molecule has 2 N–H and O–H groups in total. The van der Waals surface area contributed by atoms with Crippen molar-refractivity contribution in [3.63, 3.8) is 0 Å². The van der Waals surface area contributed by atoms with Crippen molar-refractivity contribution in [2.45, 2.75) is 32.7 Å². The van der Waals surface area contributed by atoms with Gasteiger partial charge in [0.25, 0.3) is 5.91 Å². The number of amides is 1. The van der Waals surface area contributed by atoms with Crippen LogP contribution in [0.4, 0.5) is 0 Å². The third kappa shape index (κ3) is 5.23. The van der Waals surface area contributed by atoms with Gasteiger partial charge in [0, 0.05) is 19.1 Å². The fourth-order valence-corrected chi connectivity index (χ4v) is 4.57. The van der Waals surface area contributed by atoms with Gasteiger partial charge in [-0.3, -0.25) is 4.79 Å². The Morgan fingerprint density at radius 1 is 1.28 bits per heavy atom. The fourth-order valence-electron chi connectivity index (χ4n) is 2.74. The van der Waals surface area contributed by atoms with Crippen LogP contribution in [0.25, 0.3) is 0 Å². The SMILES string of the molecule is CC(C)CS(=O)(=O)N1CCC(NC(=O)c2cccc(C(=O)O)n2)CC1. The number of piperidine rings is 1. The highest BCUT2D eigenvalue weighted by Crippen LogP contribution is 2.16. The molecule has 1 saturated heterocycles. The number of carbonyl (C=O) groups is 2. The Hall–Kier alpha value is -2.00. The van der Waals surface area contributed by atoms with Gasteiger partial charge in [-0.25, -0.2) is 22.5 Å². The van der Waals surface area contributed by atoms with E-state index in [1.807, 2.05) is 13.8 Å². The molecular weight excluding hydrogens is 346 g/mol. The topological polar surface area (TPSA) is 117 Å². The average molecular weight is 369 g/mol. The monoisotopic (exact) mass is 369 g/mol. The number of carbonyl (C=O) groups excluding carboxylic acids is 1. The molecule has 1 aliphatic rings. The Morgan fingerprint density at radius 3 is 2.44 bits per heavy atom. The number of rotatable bonds is 6. The maximum absolute atomic E-state index is 12.2. The number of carboxylic acid groups (broad SMARTS) is 1. The van der Waals surface area contributed by atoms with Crippen molar-refractivity contribution in [3.8, 4) is 0 Å². The second kappa shape index (κ2) is 7.92. The summed E-state index contributed by atoms with van der Waals surface area (Å²) in [6, 6.07) is 4.07. The van der Waals surface area contributed by atoms with Gasteiger partial charge in [0.1, 0.15) is 11.4 Å². The van der Waals surface area contributed by atoms with Crippen molar-refractivity contribution in [2.24, 2.45) is 5.92 Å². The van der Waals surface area contributed by atoms with Crippen LogP contribution in [0.1, 0.15) is 47.7 Å². The zero-order chi connectivity index (χ0) is 18.6. The summed E-state index contributed by atoms with van der Waals surface area (Å²) >= 11 is 0. The van der Waals surface area contributed by atoms with Crippen LogP contribution in [-0.2, 0) is 10.0 Å². The first kappa shape index (κ1) is 19.3. The lowest BCUT2D eigenvalue weighted by Crippen LogP contribution is -2.47. The molecule has 8 nitrogen and oxygen atoms in total. The highest BCUT2D eigenvalue weighted by atomic mass is 32.2. The maximum atomic E-state index is 12.2. The molecule has 0 aliphatic carbocycles. The van der Waals surface area contributed by atoms with E-state index in [9.17, 15) is 18.0 Å². The van der Waals surface area contributed by atoms with Crippen molar-refractivity contribution < 1.29 is 23.1 Å². The van der Waals surface area contributed by atoms with E-state index < -0.39 is 21.9 Å². The zero-order valence-electron chi connectivity index (χ0n) is 14.3. The van der Waals surface area contributed by atoms with E-state index in [1.165, 1.54) is 22.5 Å². The maximum Gasteiger partial charge on any atom is 0.354 e. The van der Waals surface area contributed by atoms with Gasteiger partial charge in [-0.1, -0.05) is 19.9 Å². The first-order valence-corrected chi connectivity index (χ1v) is 9.79. The molecule has 1 aromatic heterocycles. The standard InChI is InChI=1S/C16H23N3O5S/c1-11(2)10-25(23,24)19-8-6-12(7-9-19)17-15(20)13-4-3-5-14(18-13)16(21)22/h3-5,11-12H,6-10H2,1-2H3,(H,17,20)(H,21,22). The van der Waals surface area contributed by atoms with Crippen LogP contribution in [0.5, 0.6) is 0 Å². The van der Waals surface area contributed by atoms with Gasteiger partial charge in [-0.05, 0) is 30.9 Å². The minimum Gasteiger partial charge on any atom is -0.477 e. The van der Waals surface area contributed by atoms with E-state index in [2.05, 4.69) is 10.3 Å². The summed E-state index contributed by atoms with van der Waals surface area (Å²) in [7, 11) is -3.26. The predicted molar refractivity (Wildman–Crippen MR) is 91.9 cm³/mol. The van der Waals surface area contributed by atoms with Crippen molar-refractivity contribution in [1.82, 2.24) is 14.6 Å². The lowest BCUT2D eigenvalue weighted by Gasteiger charge is -2.32. The summed E-state index contributed by atoms with van der Waals surface area (Å²) in [6.07, 6.45) is 1.03. The minimum atomic E-state index is -3.26. The molecule has 1 fully saturated rings. The Morgan fingerprint density at radius 2 is 1.88 bits per heavy atom. The second-order valence-corrected chi connectivity index (χ2v) is 8.55. The molecule has 1 amide bonds. The minimum absolute atomic E-state index is 0.0368. The summed E-state index contributed by atoms with van der Waals surface area (Å²) in [5.74, 6) is -1.46. The Labute approximate surface area is 147 Å². The largest absolute Gasteiger partial charge is 0.477 e. The van der Waals surface area contributed by atoms with Crippen molar-refractivity contribution >= 4 is 21.9 Å². The smallest absolute Gasteiger partial charge is 0.354 e. The number of hydrogen-bond donors (Lipinski definition) is 2. The van der Waals surface area contributed by atoms with E-state index >= 15 is 0 Å². The number of sulfonamides is 1. The second-order valence-electron chi connectivity index (χ2n) is 6.53. The number of nitrogens with one attached hydrogen (secondary N) is 1. The quantitative estimate of drug-likeness (QED) is 0.771. The number of carboxylic acids is 1. The summed E-state index contributed by atoms with van der Waals surface area (Å²) in [4.78, 5) is 26.9. The lowest BCUT2D eigenvalue weighted by molar-refractivity contribution is 0.0690. The van der Waals surface area contributed by atoms with Crippen LogP contribution in [0, 0.1) is 5.92 Å². The highest BCUT2D eigenvalue weighted by molar-refractivity contribution is 7.89. The van der Waals surface area contributed by atoms with Crippen LogP contribution < -0.4 is 5.32 Å². The van der Waals surface area contributed by atoms with Crippen LogP contribution in [0.15, 0.2) is 18.2 Å². The highest BCUT2D eigenvalue weighted by Gasteiger charge is 2.29. The Bertz CT molecular complexity index is 740. The summed E-state index contributed by atoms with van der Waals surface area (Å²) in [5.41, 5.74) is -0.156. The Balaban J connectivity index is 1.93. The molecule has 0 saturated carbocycles.